The third kappa shape index (κ3) is 3.91. The van der Waals surface area contributed by atoms with E-state index in [0.717, 1.165) is 38.1 Å². The Balaban J connectivity index is 0.00000272. The Bertz CT molecular complexity index is 1340. The summed E-state index contributed by atoms with van der Waals surface area (Å²) in [5.74, 6) is 0. The van der Waals surface area contributed by atoms with Gasteiger partial charge in [0.1, 0.15) is 12.2 Å². The van der Waals surface area contributed by atoms with E-state index in [1.807, 2.05) is 48.5 Å². The molecule has 0 fully saturated rings. The van der Waals surface area contributed by atoms with Crippen LogP contribution in [0.25, 0.3) is 53.8 Å². The summed E-state index contributed by atoms with van der Waals surface area (Å²) in [5.41, 5.74) is 27.9. The Morgan fingerprint density at radius 3 is 2.23 bits per heavy atom. The first-order valence-corrected chi connectivity index (χ1v) is 9.32. The molecule has 0 aliphatic heterocycles. The van der Waals surface area contributed by atoms with Gasteiger partial charge in [0.05, 0.1) is 16.8 Å². The van der Waals surface area contributed by atoms with Crippen molar-refractivity contribution < 1.29 is 21.5 Å². The number of aromatic nitrogens is 1. The fraction of sp³-hybridized carbons (Fsp3) is 0.0952. The topological polar surface area (TPSA) is 131 Å². The third-order valence-electron chi connectivity index (χ3n) is 4.97. The van der Waals surface area contributed by atoms with Crippen molar-refractivity contribution in [3.05, 3.63) is 87.6 Å². The van der Waals surface area contributed by atoms with E-state index in [9.17, 15) is 0 Å². The Labute approximate surface area is 188 Å². The lowest BCUT2D eigenvalue weighted by molar-refractivity contribution is -0.655. The van der Waals surface area contributed by atoms with Gasteiger partial charge in [0.15, 0.2) is 0 Å². The lowest BCUT2D eigenvalue weighted by atomic mass is 9.98. The van der Waals surface area contributed by atoms with E-state index in [4.69, 9.17) is 16.8 Å². The molecule has 0 unspecified atom stereocenters. The number of nitrogens with zero attached hydrogens (tertiary/aromatic N) is 8. The molecule has 1 heterocycles. The molecule has 2 N–H and O–H groups in total. The number of hydrogen-bond acceptors (Lipinski definition) is 3. The quantitative estimate of drug-likeness (QED) is 0.0903. The molecule has 0 amide bonds. The molecule has 9 nitrogen and oxygen atoms in total. The fourth-order valence-electron chi connectivity index (χ4n) is 3.79. The van der Waals surface area contributed by atoms with E-state index in [0.29, 0.717) is 17.9 Å². The van der Waals surface area contributed by atoms with Gasteiger partial charge in [-0.05, 0) is 53.8 Å². The second-order valence-electron chi connectivity index (χ2n) is 6.61. The summed E-state index contributed by atoms with van der Waals surface area (Å²) < 4.78 is 2.18. The van der Waals surface area contributed by atoms with Crippen LogP contribution in [0.1, 0.15) is 6.92 Å². The van der Waals surface area contributed by atoms with E-state index in [2.05, 4.69) is 43.9 Å². The van der Waals surface area contributed by atoms with Gasteiger partial charge in [0, 0.05) is 16.6 Å². The molecular weight excluding hydrogens is 458 g/mol. The van der Waals surface area contributed by atoms with Gasteiger partial charge in [0.25, 0.3) is 0 Å². The third-order valence-corrected chi connectivity index (χ3v) is 4.97. The average molecular weight is 476 g/mol. The number of anilines is 2. The molecule has 31 heavy (non-hydrogen) atoms. The molecule has 3 aromatic carbocycles. The first-order valence-electron chi connectivity index (χ1n) is 9.32. The minimum atomic E-state index is 0. The molecule has 154 valence electrons. The maximum Gasteiger partial charge on any atom is 0.220 e. The first kappa shape index (κ1) is 21.7. The van der Waals surface area contributed by atoms with Crippen molar-refractivity contribution in [1.29, 1.82) is 0 Å². The molecule has 0 saturated carbocycles. The number of pyridine rings is 1. The van der Waals surface area contributed by atoms with Crippen LogP contribution in [0, 0.1) is 0 Å². The Kier molecular flexibility index (Phi) is 6.47. The number of nitrogens with two attached hydrogens (primary N) is 1. The Morgan fingerprint density at radius 1 is 0.903 bits per heavy atom. The van der Waals surface area contributed by atoms with Crippen molar-refractivity contribution in [2.75, 3.05) is 10.9 Å². The van der Waals surface area contributed by atoms with Crippen LogP contribution in [0.4, 0.5) is 11.4 Å². The summed E-state index contributed by atoms with van der Waals surface area (Å²) in [6.07, 6.45) is 0. The van der Waals surface area contributed by atoms with Crippen molar-refractivity contribution in [3.8, 4) is 11.3 Å². The van der Waals surface area contributed by atoms with E-state index >= 15 is 0 Å². The molecule has 0 aliphatic rings. The molecule has 0 saturated heterocycles. The van der Waals surface area contributed by atoms with Crippen molar-refractivity contribution in [3.63, 3.8) is 0 Å². The van der Waals surface area contributed by atoms with Crippen LogP contribution in [-0.2, 0) is 6.54 Å². The summed E-state index contributed by atoms with van der Waals surface area (Å²) >= 11 is 0. The summed E-state index contributed by atoms with van der Waals surface area (Å²) in [5, 5.41) is 11.0. The second kappa shape index (κ2) is 9.23. The maximum atomic E-state index is 8.82. The zero-order valence-corrected chi connectivity index (χ0v) is 18.2. The van der Waals surface area contributed by atoms with Gasteiger partial charge in [-0.2, -0.15) is 14.4 Å². The fourth-order valence-corrected chi connectivity index (χ4v) is 3.79. The molecular formula is C21H18BrN9. The number of hydrogen-bond donors (Lipinski definition) is 1. The van der Waals surface area contributed by atoms with Crippen LogP contribution in [0.2, 0.25) is 0 Å². The number of benzene rings is 3. The van der Waals surface area contributed by atoms with Crippen LogP contribution in [-0.4, -0.2) is 0 Å². The normalized spacial score (nSPS) is 10.1. The molecule has 10 heteroatoms. The molecule has 0 bridgehead atoms. The number of nitrogen functional groups attached to an aromatic ring is 1. The van der Waals surface area contributed by atoms with Gasteiger partial charge in [0.2, 0.25) is 11.2 Å². The number of aryl methyl sites for hydroxylation is 1. The minimum Gasteiger partial charge on any atom is -1.00 e. The maximum absolute atomic E-state index is 8.82. The van der Waals surface area contributed by atoms with Crippen LogP contribution in [0.5, 0.6) is 0 Å². The summed E-state index contributed by atoms with van der Waals surface area (Å²) in [6.45, 7) is 2.76. The van der Waals surface area contributed by atoms with Gasteiger partial charge < -0.3 is 22.7 Å². The molecule has 0 radical (unpaired) electrons. The van der Waals surface area contributed by atoms with Gasteiger partial charge in [-0.3, -0.25) is 0 Å². The van der Waals surface area contributed by atoms with Crippen LogP contribution in [0.3, 0.4) is 0 Å². The first-order chi connectivity index (χ1) is 14.7. The average Bonchev–Trinajstić information content (AvgIpc) is 2.78. The highest BCUT2D eigenvalue weighted by Gasteiger charge is 2.23. The molecule has 0 atom stereocenters. The summed E-state index contributed by atoms with van der Waals surface area (Å²) in [4.78, 5) is 5.49. The zero-order chi connectivity index (χ0) is 21.1. The molecule has 0 spiro atoms. The van der Waals surface area contributed by atoms with Crippen molar-refractivity contribution in [1.82, 2.24) is 0 Å². The lowest BCUT2D eigenvalue weighted by Crippen LogP contribution is -3.00. The van der Waals surface area contributed by atoms with Crippen LogP contribution < -0.4 is 32.4 Å². The van der Waals surface area contributed by atoms with Crippen LogP contribution >= 0.6 is 0 Å². The molecule has 0 aliphatic carbocycles. The molecule has 4 rings (SSSR count). The van der Waals surface area contributed by atoms with Gasteiger partial charge >= 0.3 is 0 Å². The predicted octanol–water partition coefficient (Wildman–Crippen LogP) is 2.81. The second-order valence-corrected chi connectivity index (χ2v) is 6.61. The largest absolute Gasteiger partial charge is 1.00 e. The van der Waals surface area contributed by atoms with E-state index in [-0.39, 0.29) is 17.0 Å². The van der Waals surface area contributed by atoms with Crippen molar-refractivity contribution >= 4 is 33.1 Å². The Hall–Kier alpha value is -3.97. The standard InChI is InChI=1S/C21H18N9.BrH/c1-2-29-20-13-16(30(27-25-23)28-26-24)9-11-18(20)17-10-8-15(22)12-19(17)21(29)14-6-4-3-5-7-14;/h3-13H,2,22H2,1H3;1H/q+1;/p-1. The zero-order valence-electron chi connectivity index (χ0n) is 16.6. The van der Waals surface area contributed by atoms with E-state index in [1.165, 1.54) is 0 Å². The smallest absolute Gasteiger partial charge is 0.220 e. The minimum absolute atomic E-state index is 0. The summed E-state index contributed by atoms with van der Waals surface area (Å²) in [6, 6.07) is 21.5. The number of azide groups is 1. The number of halogens is 1. The van der Waals surface area contributed by atoms with Crippen LogP contribution in [0.15, 0.2) is 77.2 Å². The highest BCUT2D eigenvalue weighted by Crippen LogP contribution is 2.34. The van der Waals surface area contributed by atoms with Gasteiger partial charge in [-0.25, -0.2) is 0 Å². The van der Waals surface area contributed by atoms with E-state index in [1.54, 1.807) is 6.07 Å². The van der Waals surface area contributed by atoms with Gasteiger partial charge in [-0.15, -0.1) is 16.2 Å². The molecule has 4 aromatic rings. The van der Waals surface area contributed by atoms with Gasteiger partial charge in [-0.1, -0.05) is 24.3 Å². The lowest BCUT2D eigenvalue weighted by Gasteiger charge is -2.13. The van der Waals surface area contributed by atoms with E-state index < -0.39 is 0 Å². The van der Waals surface area contributed by atoms with Crippen molar-refractivity contribution in [2.24, 2.45) is 10.4 Å². The summed E-state index contributed by atoms with van der Waals surface area (Å²) in [7, 11) is 0. The Morgan fingerprint density at radius 2 is 1.58 bits per heavy atom. The highest BCUT2D eigenvalue weighted by molar-refractivity contribution is 6.10. The van der Waals surface area contributed by atoms with Crippen molar-refractivity contribution in [2.45, 2.75) is 13.5 Å². The number of rotatable bonds is 5. The SMILES string of the molecule is CC[n+]1c(-c2ccccc2)c2cc(N)ccc2c2ccc(N(N=[N+]=[N-])N=[N+]=[N-])cc21.[Br-]. The number of fused-ring (bicyclic) bond motifs is 3. The monoisotopic (exact) mass is 475 g/mol. The highest BCUT2D eigenvalue weighted by atomic mass is 79.9. The molecule has 1 aromatic heterocycles. The predicted molar refractivity (Wildman–Crippen MR) is 118 cm³/mol.